The lowest BCUT2D eigenvalue weighted by Gasteiger charge is -2.07. The largest absolute Gasteiger partial charge is 0.497 e. The van der Waals surface area contributed by atoms with Gasteiger partial charge in [0.2, 0.25) is 5.91 Å². The van der Waals surface area contributed by atoms with Crippen LogP contribution in [0.15, 0.2) is 59.6 Å². The number of anilines is 1. The van der Waals surface area contributed by atoms with Crippen molar-refractivity contribution in [3.63, 3.8) is 0 Å². The third-order valence-electron chi connectivity index (χ3n) is 3.81. The van der Waals surface area contributed by atoms with Crippen molar-refractivity contribution in [1.82, 2.24) is 10.2 Å². The van der Waals surface area contributed by atoms with Crippen LogP contribution < -0.4 is 10.1 Å². The first-order chi connectivity index (χ1) is 13.0. The van der Waals surface area contributed by atoms with Crippen LogP contribution in [-0.4, -0.2) is 29.0 Å². The zero-order chi connectivity index (χ0) is 19.2. The van der Waals surface area contributed by atoms with Gasteiger partial charge in [-0.05, 0) is 48.9 Å². The third-order valence-corrected chi connectivity index (χ3v) is 5.14. The Morgan fingerprint density at radius 1 is 1.15 bits per heavy atom. The SMILES string of the molecule is COc1cccc(-c2ccc(SCC(=O)Nc3ccc(C)c(Cl)c3)nn2)c1. The van der Waals surface area contributed by atoms with E-state index in [0.29, 0.717) is 15.7 Å². The Hall–Kier alpha value is -2.57. The first kappa shape index (κ1) is 19.2. The van der Waals surface area contributed by atoms with Gasteiger partial charge in [-0.3, -0.25) is 4.79 Å². The van der Waals surface area contributed by atoms with Crippen LogP contribution in [0.4, 0.5) is 5.69 Å². The maximum absolute atomic E-state index is 12.1. The van der Waals surface area contributed by atoms with E-state index in [1.54, 1.807) is 13.2 Å². The van der Waals surface area contributed by atoms with E-state index in [4.69, 9.17) is 16.3 Å². The molecule has 27 heavy (non-hydrogen) atoms. The number of benzene rings is 2. The van der Waals surface area contributed by atoms with E-state index in [-0.39, 0.29) is 11.7 Å². The zero-order valence-corrected chi connectivity index (χ0v) is 16.5. The van der Waals surface area contributed by atoms with Gasteiger partial charge in [0.25, 0.3) is 0 Å². The summed E-state index contributed by atoms with van der Waals surface area (Å²) in [5.41, 5.74) is 3.32. The Morgan fingerprint density at radius 2 is 2.00 bits per heavy atom. The number of rotatable bonds is 6. The van der Waals surface area contributed by atoms with Gasteiger partial charge >= 0.3 is 0 Å². The van der Waals surface area contributed by atoms with E-state index in [2.05, 4.69) is 15.5 Å². The maximum Gasteiger partial charge on any atom is 0.234 e. The van der Waals surface area contributed by atoms with Gasteiger partial charge in [0.05, 0.1) is 18.6 Å². The summed E-state index contributed by atoms with van der Waals surface area (Å²) < 4.78 is 5.22. The van der Waals surface area contributed by atoms with Crippen LogP contribution >= 0.6 is 23.4 Å². The fourth-order valence-electron chi connectivity index (χ4n) is 2.34. The summed E-state index contributed by atoms with van der Waals surface area (Å²) >= 11 is 7.40. The van der Waals surface area contributed by atoms with Gasteiger partial charge in [0.15, 0.2) is 0 Å². The number of nitrogens with zero attached hydrogens (tertiary/aromatic N) is 2. The highest BCUT2D eigenvalue weighted by Gasteiger charge is 2.07. The van der Waals surface area contributed by atoms with Crippen molar-refractivity contribution in [1.29, 1.82) is 0 Å². The average Bonchev–Trinajstić information content (AvgIpc) is 2.69. The van der Waals surface area contributed by atoms with Crippen LogP contribution in [0, 0.1) is 6.92 Å². The van der Waals surface area contributed by atoms with E-state index in [1.165, 1.54) is 11.8 Å². The number of thioether (sulfide) groups is 1. The molecule has 1 N–H and O–H groups in total. The maximum atomic E-state index is 12.1. The number of hydrogen-bond acceptors (Lipinski definition) is 5. The van der Waals surface area contributed by atoms with Gasteiger partial charge in [-0.2, -0.15) is 0 Å². The van der Waals surface area contributed by atoms with E-state index in [9.17, 15) is 4.79 Å². The Labute approximate surface area is 167 Å². The number of carbonyl (C=O) groups is 1. The average molecular weight is 400 g/mol. The van der Waals surface area contributed by atoms with Gasteiger partial charge in [-0.25, -0.2) is 0 Å². The first-order valence-corrected chi connectivity index (χ1v) is 9.58. The standard InChI is InChI=1S/C20H18ClN3O2S/c1-13-6-7-15(11-17(13)21)22-19(25)12-27-20-9-8-18(23-24-20)14-4-3-5-16(10-14)26-2/h3-11H,12H2,1-2H3,(H,22,25). The second-order valence-corrected chi connectivity index (χ2v) is 7.19. The van der Waals surface area contributed by atoms with Crippen LogP contribution in [0.25, 0.3) is 11.3 Å². The lowest BCUT2D eigenvalue weighted by molar-refractivity contribution is -0.113. The predicted molar refractivity (Wildman–Crippen MR) is 110 cm³/mol. The van der Waals surface area contributed by atoms with Crippen LogP contribution in [0.1, 0.15) is 5.56 Å². The normalized spacial score (nSPS) is 10.5. The van der Waals surface area contributed by atoms with E-state index in [0.717, 1.165) is 22.6 Å². The molecule has 3 aromatic rings. The molecule has 138 valence electrons. The van der Waals surface area contributed by atoms with Crippen molar-refractivity contribution in [2.75, 3.05) is 18.2 Å². The molecule has 1 heterocycles. The number of methoxy groups -OCH3 is 1. The summed E-state index contributed by atoms with van der Waals surface area (Å²) in [5, 5.41) is 12.5. The summed E-state index contributed by atoms with van der Waals surface area (Å²) in [6.07, 6.45) is 0. The molecular formula is C20H18ClN3O2S. The van der Waals surface area contributed by atoms with Crippen LogP contribution in [0.3, 0.4) is 0 Å². The minimum Gasteiger partial charge on any atom is -0.497 e. The van der Waals surface area contributed by atoms with Gasteiger partial charge in [-0.15, -0.1) is 10.2 Å². The number of carbonyl (C=O) groups excluding carboxylic acids is 1. The van der Waals surface area contributed by atoms with Crippen molar-refractivity contribution in [2.45, 2.75) is 11.9 Å². The molecule has 0 aliphatic rings. The Bertz CT molecular complexity index is 948. The minimum atomic E-state index is -0.126. The molecule has 0 atom stereocenters. The molecule has 3 rings (SSSR count). The van der Waals surface area contributed by atoms with Gasteiger partial charge < -0.3 is 10.1 Å². The molecule has 0 radical (unpaired) electrons. The Morgan fingerprint density at radius 3 is 2.70 bits per heavy atom. The van der Waals surface area contributed by atoms with Crippen molar-refractivity contribution in [2.24, 2.45) is 0 Å². The van der Waals surface area contributed by atoms with Gasteiger partial charge in [0.1, 0.15) is 10.8 Å². The van der Waals surface area contributed by atoms with E-state index >= 15 is 0 Å². The molecule has 0 aliphatic carbocycles. The van der Waals surface area contributed by atoms with Crippen LogP contribution in [0.5, 0.6) is 5.75 Å². The second-order valence-electron chi connectivity index (χ2n) is 5.79. The molecule has 0 fully saturated rings. The van der Waals surface area contributed by atoms with Crippen molar-refractivity contribution < 1.29 is 9.53 Å². The summed E-state index contributed by atoms with van der Waals surface area (Å²) in [4.78, 5) is 12.1. The lowest BCUT2D eigenvalue weighted by atomic mass is 10.1. The lowest BCUT2D eigenvalue weighted by Crippen LogP contribution is -2.14. The number of ether oxygens (including phenoxy) is 1. The quantitative estimate of drug-likeness (QED) is 0.600. The van der Waals surface area contributed by atoms with Crippen molar-refractivity contribution in [3.8, 4) is 17.0 Å². The number of hydrogen-bond donors (Lipinski definition) is 1. The topological polar surface area (TPSA) is 64.1 Å². The molecule has 0 saturated carbocycles. The fraction of sp³-hybridized carbons (Fsp3) is 0.150. The van der Waals surface area contributed by atoms with Crippen molar-refractivity contribution in [3.05, 3.63) is 65.2 Å². The van der Waals surface area contributed by atoms with E-state index < -0.39 is 0 Å². The summed E-state index contributed by atoms with van der Waals surface area (Å²) in [5.74, 6) is 0.873. The molecule has 0 spiro atoms. The number of halogens is 1. The highest BCUT2D eigenvalue weighted by molar-refractivity contribution is 7.99. The van der Waals surface area contributed by atoms with Gasteiger partial charge in [0, 0.05) is 16.3 Å². The molecule has 0 unspecified atom stereocenters. The van der Waals surface area contributed by atoms with Crippen LogP contribution in [0.2, 0.25) is 5.02 Å². The number of nitrogens with one attached hydrogen (secondary N) is 1. The fourth-order valence-corrected chi connectivity index (χ4v) is 3.14. The molecular weight excluding hydrogens is 382 g/mol. The second kappa shape index (κ2) is 8.88. The number of aryl methyl sites for hydroxylation is 1. The molecule has 0 aliphatic heterocycles. The van der Waals surface area contributed by atoms with Gasteiger partial charge in [-0.1, -0.05) is 41.6 Å². The zero-order valence-electron chi connectivity index (χ0n) is 14.9. The molecule has 1 aromatic heterocycles. The monoisotopic (exact) mass is 399 g/mol. The van der Waals surface area contributed by atoms with Crippen LogP contribution in [-0.2, 0) is 4.79 Å². The molecule has 2 aromatic carbocycles. The smallest absolute Gasteiger partial charge is 0.234 e. The number of aromatic nitrogens is 2. The molecule has 7 heteroatoms. The summed E-state index contributed by atoms with van der Waals surface area (Å²) in [6.45, 7) is 1.91. The van der Waals surface area contributed by atoms with E-state index in [1.807, 2.05) is 55.5 Å². The first-order valence-electron chi connectivity index (χ1n) is 8.22. The predicted octanol–water partition coefficient (Wildman–Crippen LogP) is 4.84. The minimum absolute atomic E-state index is 0.126. The highest BCUT2D eigenvalue weighted by atomic mass is 35.5. The Kier molecular flexibility index (Phi) is 6.32. The molecule has 0 bridgehead atoms. The summed E-state index contributed by atoms with van der Waals surface area (Å²) in [7, 11) is 1.63. The molecule has 1 amide bonds. The highest BCUT2D eigenvalue weighted by Crippen LogP contribution is 2.24. The summed E-state index contributed by atoms with van der Waals surface area (Å²) in [6, 6.07) is 16.8. The third kappa shape index (κ3) is 5.21. The number of amides is 1. The molecule has 0 saturated heterocycles. The van der Waals surface area contributed by atoms with Crippen molar-refractivity contribution >= 4 is 35.0 Å². The Balaban J connectivity index is 1.58. The molecule has 5 nitrogen and oxygen atoms in total.